The van der Waals surface area contributed by atoms with E-state index in [1.807, 2.05) is 0 Å². The zero-order chi connectivity index (χ0) is 15.6. The average Bonchev–Trinajstić information content (AvgIpc) is 2.75. The van der Waals surface area contributed by atoms with E-state index in [0.717, 1.165) is 4.57 Å². The molecule has 0 aromatic carbocycles. The number of nitrogens with zero attached hydrogens (tertiary/aromatic N) is 2. The molecule has 4 atom stereocenters. The van der Waals surface area contributed by atoms with E-state index in [2.05, 4.69) is 10.3 Å². The zero-order valence-electron chi connectivity index (χ0n) is 11.3. The molecule has 4 N–H and O–H groups in total. The van der Waals surface area contributed by atoms with Crippen LogP contribution in [0.1, 0.15) is 19.6 Å². The fourth-order valence-corrected chi connectivity index (χ4v) is 2.02. The first-order valence-electron chi connectivity index (χ1n) is 6.49. The summed E-state index contributed by atoms with van der Waals surface area (Å²) < 4.78 is 6.22. The van der Waals surface area contributed by atoms with Crippen LogP contribution in [-0.4, -0.2) is 55.7 Å². The molecule has 0 spiro atoms. The lowest BCUT2D eigenvalue weighted by atomic mass is 10.1. The Morgan fingerprint density at radius 3 is 2.71 bits per heavy atom. The van der Waals surface area contributed by atoms with Crippen LogP contribution in [0.3, 0.4) is 0 Å². The number of ether oxygens (including phenoxy) is 1. The van der Waals surface area contributed by atoms with Crippen molar-refractivity contribution in [3.8, 4) is 0 Å². The second-order valence-electron chi connectivity index (χ2n) is 4.63. The molecular weight excluding hydrogens is 282 g/mol. The topological polar surface area (TPSA) is 134 Å². The van der Waals surface area contributed by atoms with E-state index in [-0.39, 0.29) is 18.1 Å². The van der Waals surface area contributed by atoms with Crippen LogP contribution in [0.2, 0.25) is 0 Å². The number of carbonyl (C=O) groups is 1. The van der Waals surface area contributed by atoms with Gasteiger partial charge in [-0.05, 0) is 6.07 Å². The summed E-state index contributed by atoms with van der Waals surface area (Å²) in [6.07, 6.45) is -3.24. The Labute approximate surface area is 119 Å². The third kappa shape index (κ3) is 3.10. The van der Waals surface area contributed by atoms with Gasteiger partial charge in [-0.1, -0.05) is 6.92 Å². The summed E-state index contributed by atoms with van der Waals surface area (Å²) in [6, 6.07) is 1.38. The monoisotopic (exact) mass is 299 g/mol. The maximum Gasteiger partial charge on any atom is 0.351 e. The maximum atomic E-state index is 11.9. The molecule has 1 aliphatic rings. The Morgan fingerprint density at radius 2 is 2.19 bits per heavy atom. The lowest BCUT2D eigenvalue weighted by molar-refractivity contribution is -0.115. The lowest BCUT2D eigenvalue weighted by Gasteiger charge is -2.17. The normalized spacial score (nSPS) is 28.6. The third-order valence-electron chi connectivity index (χ3n) is 3.21. The molecular formula is C12H17N3O6. The molecule has 0 unspecified atom stereocenters. The van der Waals surface area contributed by atoms with Crippen LogP contribution < -0.4 is 11.0 Å². The van der Waals surface area contributed by atoms with Crippen LogP contribution in [-0.2, 0) is 9.53 Å². The molecule has 21 heavy (non-hydrogen) atoms. The number of aliphatic hydroxyl groups excluding tert-OH is 3. The van der Waals surface area contributed by atoms with Crippen molar-refractivity contribution in [2.75, 3.05) is 11.9 Å². The molecule has 0 bridgehead atoms. The molecule has 0 saturated carbocycles. The van der Waals surface area contributed by atoms with E-state index in [0.29, 0.717) is 0 Å². The number of anilines is 1. The van der Waals surface area contributed by atoms with Crippen LogP contribution >= 0.6 is 0 Å². The summed E-state index contributed by atoms with van der Waals surface area (Å²) in [5.41, 5.74) is -0.751. The van der Waals surface area contributed by atoms with Crippen LogP contribution in [0, 0.1) is 0 Å². The highest BCUT2D eigenvalue weighted by Crippen LogP contribution is 2.28. The first-order valence-corrected chi connectivity index (χ1v) is 6.49. The summed E-state index contributed by atoms with van der Waals surface area (Å²) >= 11 is 0. The van der Waals surface area contributed by atoms with Gasteiger partial charge in [0.2, 0.25) is 5.91 Å². The van der Waals surface area contributed by atoms with E-state index < -0.39 is 36.8 Å². The van der Waals surface area contributed by atoms with Gasteiger partial charge in [-0.25, -0.2) is 4.79 Å². The number of nitrogens with one attached hydrogen (secondary N) is 1. The summed E-state index contributed by atoms with van der Waals surface area (Å²) in [6.45, 7) is 1.18. The molecule has 1 aromatic rings. The summed E-state index contributed by atoms with van der Waals surface area (Å²) in [4.78, 5) is 26.8. The SMILES string of the molecule is CCC(=O)Nc1ccn([C@@H]2O[C@H](CO)[C@@H](O)[C@@H]2O)c(=O)n1. The molecule has 1 fully saturated rings. The number of aromatic nitrogens is 2. The number of carbonyl (C=O) groups excluding carboxylic acids is 1. The standard InChI is InChI=1S/C12H17N3O6/c1-2-8(17)13-7-3-4-15(12(20)14-7)11-10(19)9(18)6(5-16)21-11/h3-4,6,9-11,16,18-19H,2,5H2,1H3,(H,13,14,17,20)/t6-,9-,10+,11-/m1/s1. The van der Waals surface area contributed by atoms with Gasteiger partial charge in [0.05, 0.1) is 6.61 Å². The Hall–Kier alpha value is -1.81. The number of hydrogen-bond donors (Lipinski definition) is 4. The Morgan fingerprint density at radius 1 is 1.48 bits per heavy atom. The highest BCUT2D eigenvalue weighted by atomic mass is 16.6. The van der Waals surface area contributed by atoms with Crippen molar-refractivity contribution in [2.24, 2.45) is 0 Å². The molecule has 1 saturated heterocycles. The predicted octanol–water partition coefficient (Wildman–Crippen LogP) is -1.80. The molecule has 0 aliphatic carbocycles. The lowest BCUT2D eigenvalue weighted by Crippen LogP contribution is -2.36. The minimum absolute atomic E-state index is 0.0924. The van der Waals surface area contributed by atoms with Crippen molar-refractivity contribution < 1.29 is 24.9 Å². The van der Waals surface area contributed by atoms with Crippen LogP contribution in [0.25, 0.3) is 0 Å². The van der Waals surface area contributed by atoms with Crippen LogP contribution in [0.4, 0.5) is 5.82 Å². The quantitative estimate of drug-likeness (QED) is 0.515. The molecule has 1 aromatic heterocycles. The molecule has 2 rings (SSSR count). The summed E-state index contributed by atoms with van der Waals surface area (Å²) in [7, 11) is 0. The number of rotatable bonds is 4. The van der Waals surface area contributed by atoms with E-state index in [4.69, 9.17) is 9.84 Å². The minimum Gasteiger partial charge on any atom is -0.394 e. The smallest absolute Gasteiger partial charge is 0.351 e. The van der Waals surface area contributed by atoms with Gasteiger partial charge in [0.15, 0.2) is 6.23 Å². The zero-order valence-corrected chi connectivity index (χ0v) is 11.3. The van der Waals surface area contributed by atoms with Crippen molar-refractivity contribution in [2.45, 2.75) is 37.9 Å². The Balaban J connectivity index is 2.22. The maximum absolute atomic E-state index is 11.9. The molecule has 9 nitrogen and oxygen atoms in total. The van der Waals surface area contributed by atoms with Gasteiger partial charge in [0.1, 0.15) is 24.1 Å². The van der Waals surface area contributed by atoms with Crippen LogP contribution in [0.15, 0.2) is 17.1 Å². The van der Waals surface area contributed by atoms with Gasteiger partial charge in [-0.15, -0.1) is 0 Å². The fourth-order valence-electron chi connectivity index (χ4n) is 2.02. The molecule has 0 radical (unpaired) electrons. The molecule has 1 aliphatic heterocycles. The number of amides is 1. The van der Waals surface area contributed by atoms with Crippen molar-refractivity contribution in [3.63, 3.8) is 0 Å². The Bertz CT molecular complexity index is 574. The number of hydrogen-bond acceptors (Lipinski definition) is 7. The second kappa shape index (κ2) is 6.31. The number of aliphatic hydroxyl groups is 3. The van der Waals surface area contributed by atoms with Crippen molar-refractivity contribution in [1.82, 2.24) is 9.55 Å². The van der Waals surface area contributed by atoms with Gasteiger partial charge in [0, 0.05) is 12.6 Å². The van der Waals surface area contributed by atoms with Crippen LogP contribution in [0.5, 0.6) is 0 Å². The largest absolute Gasteiger partial charge is 0.394 e. The van der Waals surface area contributed by atoms with E-state index >= 15 is 0 Å². The first-order chi connectivity index (χ1) is 9.97. The summed E-state index contributed by atoms with van der Waals surface area (Å²) in [5.74, 6) is -0.192. The molecule has 2 heterocycles. The van der Waals surface area contributed by atoms with Gasteiger partial charge in [-0.2, -0.15) is 4.98 Å². The van der Waals surface area contributed by atoms with Crippen molar-refractivity contribution in [3.05, 3.63) is 22.7 Å². The van der Waals surface area contributed by atoms with Crippen molar-refractivity contribution in [1.29, 1.82) is 0 Å². The fraction of sp³-hybridized carbons (Fsp3) is 0.583. The highest BCUT2D eigenvalue weighted by molar-refractivity contribution is 5.89. The van der Waals surface area contributed by atoms with Gasteiger partial charge in [-0.3, -0.25) is 9.36 Å². The van der Waals surface area contributed by atoms with Gasteiger partial charge >= 0.3 is 5.69 Å². The molecule has 116 valence electrons. The third-order valence-corrected chi connectivity index (χ3v) is 3.21. The Kier molecular flexibility index (Phi) is 4.68. The van der Waals surface area contributed by atoms with E-state index in [9.17, 15) is 19.8 Å². The first kappa shape index (κ1) is 15.6. The van der Waals surface area contributed by atoms with E-state index in [1.165, 1.54) is 12.3 Å². The predicted molar refractivity (Wildman–Crippen MR) is 70.4 cm³/mol. The van der Waals surface area contributed by atoms with Crippen molar-refractivity contribution >= 4 is 11.7 Å². The average molecular weight is 299 g/mol. The summed E-state index contributed by atoms with van der Waals surface area (Å²) in [5, 5.41) is 31.0. The van der Waals surface area contributed by atoms with Gasteiger partial charge < -0.3 is 25.4 Å². The second-order valence-corrected chi connectivity index (χ2v) is 4.63. The molecule has 1 amide bonds. The minimum atomic E-state index is -1.36. The highest BCUT2D eigenvalue weighted by Gasteiger charge is 2.43. The van der Waals surface area contributed by atoms with Gasteiger partial charge in [0.25, 0.3) is 0 Å². The molecule has 9 heteroatoms. The van der Waals surface area contributed by atoms with E-state index in [1.54, 1.807) is 6.92 Å².